The van der Waals surface area contributed by atoms with Crippen LogP contribution in [0.4, 0.5) is 0 Å². The van der Waals surface area contributed by atoms with Crippen molar-refractivity contribution in [2.24, 2.45) is 5.41 Å². The standard InChI is InChI=1S/C14H13ClINO3/c1-14(2,13(18)19)7-20-12-10(16)6-9(15)8-4-3-5-17-11(8)12/h3-6H,7H2,1-2H3,(H,18,19). The number of hydrogen-bond donors (Lipinski definition) is 1. The number of hydrogen-bond acceptors (Lipinski definition) is 3. The second kappa shape index (κ2) is 5.73. The Bertz CT molecular complexity index is 673. The Hall–Kier alpha value is -1.08. The minimum Gasteiger partial charge on any atom is -0.489 e. The van der Waals surface area contributed by atoms with Crippen LogP contribution < -0.4 is 4.74 Å². The summed E-state index contributed by atoms with van der Waals surface area (Å²) in [4.78, 5) is 15.4. The Morgan fingerprint density at radius 1 is 1.55 bits per heavy atom. The van der Waals surface area contributed by atoms with E-state index in [4.69, 9.17) is 21.4 Å². The van der Waals surface area contributed by atoms with E-state index in [-0.39, 0.29) is 6.61 Å². The summed E-state index contributed by atoms with van der Waals surface area (Å²) in [7, 11) is 0. The van der Waals surface area contributed by atoms with Crippen LogP contribution in [0.5, 0.6) is 5.75 Å². The van der Waals surface area contributed by atoms with Gasteiger partial charge in [0.05, 0.1) is 14.0 Å². The highest BCUT2D eigenvalue weighted by molar-refractivity contribution is 14.1. The number of nitrogens with zero attached hydrogens (tertiary/aromatic N) is 1. The minimum atomic E-state index is -0.968. The summed E-state index contributed by atoms with van der Waals surface area (Å²) in [6.45, 7) is 3.30. The van der Waals surface area contributed by atoms with E-state index >= 15 is 0 Å². The Morgan fingerprint density at radius 3 is 2.90 bits per heavy atom. The third kappa shape index (κ3) is 2.98. The summed E-state index contributed by atoms with van der Waals surface area (Å²) >= 11 is 8.29. The molecule has 0 unspecified atom stereocenters. The molecule has 20 heavy (non-hydrogen) atoms. The van der Waals surface area contributed by atoms with E-state index in [1.807, 2.05) is 6.07 Å². The number of carboxylic acid groups (broad SMARTS) is 1. The van der Waals surface area contributed by atoms with E-state index in [1.54, 1.807) is 32.2 Å². The average molecular weight is 406 g/mol. The number of aromatic nitrogens is 1. The van der Waals surface area contributed by atoms with Crippen molar-refractivity contribution >= 4 is 51.1 Å². The molecule has 0 amide bonds. The number of ether oxygens (including phenoxy) is 1. The Morgan fingerprint density at radius 2 is 2.25 bits per heavy atom. The predicted octanol–water partition coefficient (Wildman–Crippen LogP) is 3.98. The third-order valence-corrected chi connectivity index (χ3v) is 4.02. The second-order valence-electron chi connectivity index (χ2n) is 5.05. The smallest absolute Gasteiger partial charge is 0.312 e. The van der Waals surface area contributed by atoms with Crippen LogP contribution in [0.1, 0.15) is 13.8 Å². The number of aliphatic carboxylic acids is 1. The maximum absolute atomic E-state index is 11.1. The molecule has 0 aliphatic carbocycles. The quantitative estimate of drug-likeness (QED) is 0.782. The summed E-state index contributed by atoms with van der Waals surface area (Å²) in [6, 6.07) is 5.44. The predicted molar refractivity (Wildman–Crippen MR) is 86.4 cm³/mol. The molecular weight excluding hydrogens is 393 g/mol. The maximum atomic E-state index is 11.1. The van der Waals surface area contributed by atoms with E-state index in [2.05, 4.69) is 27.6 Å². The lowest BCUT2D eigenvalue weighted by Gasteiger charge is -2.20. The lowest BCUT2D eigenvalue weighted by Crippen LogP contribution is -2.30. The molecule has 4 nitrogen and oxygen atoms in total. The van der Waals surface area contributed by atoms with Crippen LogP contribution >= 0.6 is 34.2 Å². The van der Waals surface area contributed by atoms with Gasteiger partial charge in [0.1, 0.15) is 12.1 Å². The summed E-state index contributed by atoms with van der Waals surface area (Å²) in [5, 5.41) is 10.5. The van der Waals surface area contributed by atoms with Gasteiger partial charge in [-0.2, -0.15) is 0 Å². The number of halogens is 2. The number of carbonyl (C=O) groups is 1. The normalized spacial score (nSPS) is 11.6. The highest BCUT2D eigenvalue weighted by Crippen LogP contribution is 2.35. The molecule has 1 aromatic carbocycles. The number of benzene rings is 1. The first-order valence-electron chi connectivity index (χ1n) is 5.92. The van der Waals surface area contributed by atoms with Crippen molar-refractivity contribution in [2.75, 3.05) is 6.61 Å². The van der Waals surface area contributed by atoms with E-state index < -0.39 is 11.4 Å². The fourth-order valence-electron chi connectivity index (χ4n) is 1.60. The number of carboxylic acids is 1. The number of rotatable bonds is 4. The fraction of sp³-hybridized carbons (Fsp3) is 0.286. The number of fused-ring (bicyclic) bond motifs is 1. The van der Waals surface area contributed by atoms with Gasteiger partial charge in [-0.15, -0.1) is 0 Å². The first-order valence-corrected chi connectivity index (χ1v) is 7.37. The van der Waals surface area contributed by atoms with E-state index in [1.165, 1.54) is 0 Å². The van der Waals surface area contributed by atoms with Crippen molar-refractivity contribution in [1.29, 1.82) is 0 Å². The van der Waals surface area contributed by atoms with Crippen molar-refractivity contribution in [3.8, 4) is 5.75 Å². The SMILES string of the molecule is CC(C)(COc1c(I)cc(Cl)c2cccnc12)C(=O)O. The molecule has 106 valence electrons. The lowest BCUT2D eigenvalue weighted by atomic mass is 9.95. The molecule has 2 rings (SSSR count). The molecule has 0 radical (unpaired) electrons. The van der Waals surface area contributed by atoms with Gasteiger partial charge in [0.2, 0.25) is 0 Å². The van der Waals surface area contributed by atoms with Crippen molar-refractivity contribution < 1.29 is 14.6 Å². The molecular formula is C14H13ClINO3. The summed E-state index contributed by atoms with van der Waals surface area (Å²) in [5.74, 6) is -0.335. The van der Waals surface area contributed by atoms with Gasteiger partial charge in [0.25, 0.3) is 0 Å². The minimum absolute atomic E-state index is 0.0612. The molecule has 0 saturated heterocycles. The van der Waals surface area contributed by atoms with Gasteiger partial charge in [0, 0.05) is 11.6 Å². The highest BCUT2D eigenvalue weighted by atomic mass is 127. The van der Waals surface area contributed by atoms with E-state index in [0.717, 1.165) is 8.96 Å². The van der Waals surface area contributed by atoms with Gasteiger partial charge >= 0.3 is 5.97 Å². The molecule has 1 N–H and O–H groups in total. The lowest BCUT2D eigenvalue weighted by molar-refractivity contribution is -0.148. The van der Waals surface area contributed by atoms with Gasteiger partial charge in [-0.3, -0.25) is 9.78 Å². The zero-order chi connectivity index (χ0) is 14.9. The largest absolute Gasteiger partial charge is 0.489 e. The summed E-state index contributed by atoms with van der Waals surface area (Å²) < 4.78 is 6.53. The van der Waals surface area contributed by atoms with Gasteiger partial charge in [0.15, 0.2) is 5.75 Å². The molecule has 1 aromatic heterocycles. The Kier molecular flexibility index (Phi) is 4.39. The summed E-state index contributed by atoms with van der Waals surface area (Å²) in [6.07, 6.45) is 1.66. The van der Waals surface area contributed by atoms with Crippen LogP contribution in [-0.2, 0) is 4.79 Å². The van der Waals surface area contributed by atoms with Crippen LogP contribution in [0.25, 0.3) is 10.9 Å². The highest BCUT2D eigenvalue weighted by Gasteiger charge is 2.29. The first-order chi connectivity index (χ1) is 9.33. The van der Waals surface area contributed by atoms with Crippen molar-refractivity contribution in [3.63, 3.8) is 0 Å². The molecule has 1 heterocycles. The molecule has 0 bridgehead atoms. The van der Waals surface area contributed by atoms with Crippen LogP contribution in [0.3, 0.4) is 0 Å². The van der Waals surface area contributed by atoms with Gasteiger partial charge in [-0.1, -0.05) is 11.6 Å². The Labute approximate surface area is 135 Å². The van der Waals surface area contributed by atoms with Crippen molar-refractivity contribution in [3.05, 3.63) is 33.0 Å². The van der Waals surface area contributed by atoms with Crippen LogP contribution in [0, 0.1) is 8.99 Å². The van der Waals surface area contributed by atoms with Crippen LogP contribution in [-0.4, -0.2) is 22.7 Å². The summed E-state index contributed by atoms with van der Waals surface area (Å²) in [5.41, 5.74) is -0.324. The van der Waals surface area contributed by atoms with Crippen molar-refractivity contribution in [1.82, 2.24) is 4.98 Å². The van der Waals surface area contributed by atoms with E-state index in [9.17, 15) is 4.79 Å². The second-order valence-corrected chi connectivity index (χ2v) is 6.62. The molecule has 0 aliphatic heterocycles. The molecule has 0 atom stereocenters. The zero-order valence-electron chi connectivity index (χ0n) is 11.0. The van der Waals surface area contributed by atoms with E-state index in [0.29, 0.717) is 16.3 Å². The molecule has 0 aliphatic rings. The molecule has 6 heteroatoms. The Balaban J connectivity index is 2.42. The van der Waals surface area contributed by atoms with Gasteiger partial charge in [-0.25, -0.2) is 0 Å². The monoisotopic (exact) mass is 405 g/mol. The number of pyridine rings is 1. The molecule has 0 saturated carbocycles. The maximum Gasteiger partial charge on any atom is 0.312 e. The van der Waals surface area contributed by atoms with Crippen molar-refractivity contribution in [2.45, 2.75) is 13.8 Å². The van der Waals surface area contributed by atoms with Gasteiger partial charge in [-0.05, 0) is 54.6 Å². The molecule has 2 aromatic rings. The van der Waals surface area contributed by atoms with Crippen LogP contribution in [0.2, 0.25) is 5.02 Å². The topological polar surface area (TPSA) is 59.4 Å². The van der Waals surface area contributed by atoms with Crippen LogP contribution in [0.15, 0.2) is 24.4 Å². The first kappa shape index (κ1) is 15.3. The molecule has 0 spiro atoms. The average Bonchev–Trinajstić information content (AvgIpc) is 2.38. The zero-order valence-corrected chi connectivity index (χ0v) is 13.9. The fourth-order valence-corrected chi connectivity index (χ4v) is 2.77. The third-order valence-electron chi connectivity index (χ3n) is 2.91. The van der Waals surface area contributed by atoms with Gasteiger partial charge < -0.3 is 9.84 Å². The molecule has 0 fully saturated rings.